The van der Waals surface area contributed by atoms with Gasteiger partial charge in [-0.15, -0.1) is 0 Å². The van der Waals surface area contributed by atoms with Crippen LogP contribution in [0.15, 0.2) is 77.4 Å². The van der Waals surface area contributed by atoms with Crippen LogP contribution >= 0.6 is 23.2 Å². The van der Waals surface area contributed by atoms with Crippen LogP contribution in [0.2, 0.25) is 10.0 Å². The SMILES string of the molecule is CCOc1cc(NC(C)=O)ccc1C(=O)NN1C(=O)/C(=C/c2ccc(Cl)cc2Cl)N=C1c1ccccc1. The summed E-state index contributed by atoms with van der Waals surface area (Å²) >= 11 is 12.3. The van der Waals surface area contributed by atoms with Crippen LogP contribution in [0.3, 0.4) is 0 Å². The highest BCUT2D eigenvalue weighted by molar-refractivity contribution is 6.35. The molecule has 37 heavy (non-hydrogen) atoms. The Hall–Kier alpha value is -4.14. The molecule has 0 fully saturated rings. The number of nitrogens with zero attached hydrogens (tertiary/aromatic N) is 2. The lowest BCUT2D eigenvalue weighted by molar-refractivity contribution is -0.124. The van der Waals surface area contributed by atoms with Crippen LogP contribution in [0.5, 0.6) is 5.75 Å². The zero-order valence-electron chi connectivity index (χ0n) is 19.9. The van der Waals surface area contributed by atoms with Gasteiger partial charge in [-0.05, 0) is 42.8 Å². The van der Waals surface area contributed by atoms with Crippen LogP contribution in [-0.4, -0.2) is 35.2 Å². The zero-order chi connectivity index (χ0) is 26.5. The van der Waals surface area contributed by atoms with Gasteiger partial charge in [-0.1, -0.05) is 59.6 Å². The molecule has 0 radical (unpaired) electrons. The molecule has 188 valence electrons. The first-order valence-corrected chi connectivity index (χ1v) is 12.0. The van der Waals surface area contributed by atoms with Gasteiger partial charge in [-0.25, -0.2) is 4.99 Å². The molecule has 1 aliphatic rings. The van der Waals surface area contributed by atoms with E-state index < -0.39 is 11.8 Å². The number of anilines is 1. The van der Waals surface area contributed by atoms with E-state index in [-0.39, 0.29) is 35.4 Å². The normalized spacial score (nSPS) is 13.9. The highest BCUT2D eigenvalue weighted by Gasteiger charge is 2.33. The summed E-state index contributed by atoms with van der Waals surface area (Å²) in [7, 11) is 0. The molecular weight excluding hydrogens is 515 g/mol. The van der Waals surface area contributed by atoms with Gasteiger partial charge in [0, 0.05) is 34.3 Å². The standard InChI is InChI=1S/C27H22Cl2N4O4/c1-3-37-24-15-20(30-16(2)34)11-12-21(24)26(35)32-33-25(17-7-5-4-6-8-17)31-23(27(33)36)13-18-9-10-19(28)14-22(18)29/h4-15H,3H2,1-2H3,(H,30,34)(H,32,35)/b23-13-. The number of carbonyl (C=O) groups is 3. The number of nitrogens with one attached hydrogen (secondary N) is 2. The first-order valence-electron chi connectivity index (χ1n) is 11.3. The predicted octanol–water partition coefficient (Wildman–Crippen LogP) is 5.33. The van der Waals surface area contributed by atoms with E-state index in [9.17, 15) is 14.4 Å². The predicted molar refractivity (Wildman–Crippen MR) is 144 cm³/mol. The maximum atomic E-state index is 13.4. The van der Waals surface area contributed by atoms with Crippen LogP contribution in [0.1, 0.15) is 35.3 Å². The minimum atomic E-state index is -0.597. The monoisotopic (exact) mass is 536 g/mol. The van der Waals surface area contributed by atoms with Crippen molar-refractivity contribution in [3.05, 3.63) is 99.2 Å². The number of ether oxygens (including phenoxy) is 1. The molecule has 0 bridgehead atoms. The topological polar surface area (TPSA) is 100 Å². The second-order valence-corrected chi connectivity index (χ2v) is 8.75. The van der Waals surface area contributed by atoms with E-state index in [1.807, 2.05) is 6.07 Å². The number of hydrazine groups is 1. The van der Waals surface area contributed by atoms with Gasteiger partial charge in [-0.2, -0.15) is 5.01 Å². The Morgan fingerprint density at radius 2 is 1.81 bits per heavy atom. The van der Waals surface area contributed by atoms with Crippen molar-refractivity contribution >= 4 is 58.5 Å². The number of amidine groups is 1. The summed E-state index contributed by atoms with van der Waals surface area (Å²) in [6, 6.07) is 18.5. The summed E-state index contributed by atoms with van der Waals surface area (Å²) in [5.41, 5.74) is 4.54. The molecule has 8 nitrogen and oxygen atoms in total. The van der Waals surface area contributed by atoms with Crippen molar-refractivity contribution in [3.63, 3.8) is 0 Å². The lowest BCUT2D eigenvalue weighted by Gasteiger charge is -2.20. The van der Waals surface area contributed by atoms with Crippen molar-refractivity contribution in [1.82, 2.24) is 10.4 Å². The summed E-state index contributed by atoms with van der Waals surface area (Å²) < 4.78 is 5.62. The fraction of sp³-hybridized carbons (Fsp3) is 0.111. The Kier molecular flexibility index (Phi) is 7.91. The maximum Gasteiger partial charge on any atom is 0.297 e. The largest absolute Gasteiger partial charge is 0.493 e. The molecular formula is C27H22Cl2N4O4. The molecule has 4 rings (SSSR count). The van der Waals surface area contributed by atoms with Crippen molar-refractivity contribution in [2.24, 2.45) is 4.99 Å². The van der Waals surface area contributed by atoms with E-state index in [4.69, 9.17) is 27.9 Å². The Labute approximate surface area is 223 Å². The zero-order valence-corrected chi connectivity index (χ0v) is 21.4. The first kappa shape index (κ1) is 25.9. The molecule has 0 aliphatic carbocycles. The molecule has 2 N–H and O–H groups in total. The van der Waals surface area contributed by atoms with Gasteiger partial charge < -0.3 is 10.1 Å². The summed E-state index contributed by atoms with van der Waals surface area (Å²) in [6.07, 6.45) is 1.53. The minimum absolute atomic E-state index is 0.0782. The fourth-order valence-corrected chi connectivity index (χ4v) is 4.06. The molecule has 1 heterocycles. The van der Waals surface area contributed by atoms with Gasteiger partial charge in [0.1, 0.15) is 11.4 Å². The van der Waals surface area contributed by atoms with Crippen molar-refractivity contribution in [3.8, 4) is 5.75 Å². The summed E-state index contributed by atoms with van der Waals surface area (Å²) in [4.78, 5) is 42.7. The Balaban J connectivity index is 1.69. The van der Waals surface area contributed by atoms with E-state index in [0.717, 1.165) is 5.01 Å². The van der Waals surface area contributed by atoms with Crippen molar-refractivity contribution in [2.75, 3.05) is 11.9 Å². The third-order valence-electron chi connectivity index (χ3n) is 5.21. The Morgan fingerprint density at radius 3 is 2.49 bits per heavy atom. The van der Waals surface area contributed by atoms with Crippen LogP contribution < -0.4 is 15.5 Å². The Bertz CT molecular complexity index is 1440. The Morgan fingerprint density at radius 1 is 1.05 bits per heavy atom. The maximum absolute atomic E-state index is 13.4. The van der Waals surface area contributed by atoms with E-state index in [2.05, 4.69) is 15.7 Å². The van der Waals surface area contributed by atoms with Gasteiger partial charge in [0.15, 0.2) is 5.84 Å². The van der Waals surface area contributed by atoms with E-state index in [1.54, 1.807) is 61.5 Å². The van der Waals surface area contributed by atoms with Gasteiger partial charge in [-0.3, -0.25) is 19.8 Å². The number of carbonyl (C=O) groups excluding carboxylic acids is 3. The highest BCUT2D eigenvalue weighted by Crippen LogP contribution is 2.28. The van der Waals surface area contributed by atoms with Crippen molar-refractivity contribution in [1.29, 1.82) is 0 Å². The second-order valence-electron chi connectivity index (χ2n) is 7.90. The van der Waals surface area contributed by atoms with Gasteiger partial charge >= 0.3 is 0 Å². The highest BCUT2D eigenvalue weighted by atomic mass is 35.5. The lowest BCUT2D eigenvalue weighted by atomic mass is 10.1. The third-order valence-corrected chi connectivity index (χ3v) is 5.77. The molecule has 0 spiro atoms. The molecule has 0 unspecified atom stereocenters. The number of aliphatic imine (C=N–C) groups is 1. The lowest BCUT2D eigenvalue weighted by Crippen LogP contribution is -2.47. The number of benzene rings is 3. The minimum Gasteiger partial charge on any atom is -0.493 e. The van der Waals surface area contributed by atoms with Crippen molar-refractivity contribution < 1.29 is 19.1 Å². The summed E-state index contributed by atoms with van der Waals surface area (Å²) in [6.45, 7) is 3.44. The summed E-state index contributed by atoms with van der Waals surface area (Å²) in [5, 5.41) is 4.56. The van der Waals surface area contributed by atoms with Gasteiger partial charge in [0.05, 0.1) is 12.2 Å². The molecule has 0 saturated heterocycles. The van der Waals surface area contributed by atoms with E-state index in [1.165, 1.54) is 19.1 Å². The van der Waals surface area contributed by atoms with E-state index in [0.29, 0.717) is 26.9 Å². The first-order chi connectivity index (χ1) is 17.8. The van der Waals surface area contributed by atoms with Crippen LogP contribution in [0.25, 0.3) is 6.08 Å². The average molecular weight is 537 g/mol. The number of hydrogen-bond donors (Lipinski definition) is 2. The number of amides is 3. The fourth-order valence-electron chi connectivity index (χ4n) is 3.59. The molecule has 0 saturated carbocycles. The molecule has 3 aromatic carbocycles. The molecule has 3 amide bonds. The number of halogens is 2. The molecule has 0 aromatic heterocycles. The third kappa shape index (κ3) is 5.99. The summed E-state index contributed by atoms with van der Waals surface area (Å²) in [5.74, 6) is -0.916. The van der Waals surface area contributed by atoms with E-state index >= 15 is 0 Å². The average Bonchev–Trinajstić information content (AvgIpc) is 3.16. The van der Waals surface area contributed by atoms with Crippen molar-refractivity contribution in [2.45, 2.75) is 13.8 Å². The molecule has 10 heteroatoms. The smallest absolute Gasteiger partial charge is 0.297 e. The second kappa shape index (κ2) is 11.3. The van der Waals surface area contributed by atoms with Crippen LogP contribution in [0.4, 0.5) is 5.69 Å². The van der Waals surface area contributed by atoms with Gasteiger partial charge in [0.2, 0.25) is 5.91 Å². The molecule has 0 atom stereocenters. The van der Waals surface area contributed by atoms with Crippen LogP contribution in [0, 0.1) is 0 Å². The molecule has 3 aromatic rings. The van der Waals surface area contributed by atoms with Crippen LogP contribution in [-0.2, 0) is 9.59 Å². The number of hydrogen-bond acceptors (Lipinski definition) is 5. The number of rotatable bonds is 7. The van der Waals surface area contributed by atoms with Gasteiger partial charge in [0.25, 0.3) is 11.8 Å². The quantitative estimate of drug-likeness (QED) is 0.398. The molecule has 1 aliphatic heterocycles.